The van der Waals surface area contributed by atoms with Crippen molar-refractivity contribution in [1.82, 2.24) is 4.31 Å². The maximum atomic E-state index is 12.9. The lowest BCUT2D eigenvalue weighted by Crippen LogP contribution is -2.46. The third-order valence-electron chi connectivity index (χ3n) is 3.45. The highest BCUT2D eigenvalue weighted by molar-refractivity contribution is 7.89. The maximum Gasteiger partial charge on any atom is 0.244 e. The summed E-state index contributed by atoms with van der Waals surface area (Å²) in [6, 6.07) is 4.62. The SMILES string of the molecule is CC1CCCN(S(=O)(=O)c2ccc(F)cc2)C1N=C=O. The number of halogens is 1. The fourth-order valence-corrected chi connectivity index (χ4v) is 4.04. The lowest BCUT2D eigenvalue weighted by atomic mass is 9.98. The fraction of sp³-hybridized carbons (Fsp3) is 0.462. The number of rotatable bonds is 3. The smallest absolute Gasteiger partial charge is 0.211 e. The second-order valence-electron chi connectivity index (χ2n) is 4.82. The van der Waals surface area contributed by atoms with E-state index in [1.807, 2.05) is 6.92 Å². The van der Waals surface area contributed by atoms with Crippen LogP contribution >= 0.6 is 0 Å². The van der Waals surface area contributed by atoms with Crippen LogP contribution in [-0.2, 0) is 14.8 Å². The van der Waals surface area contributed by atoms with Gasteiger partial charge in [-0.2, -0.15) is 9.30 Å². The molecule has 2 unspecified atom stereocenters. The van der Waals surface area contributed by atoms with Crippen molar-refractivity contribution >= 4 is 16.1 Å². The standard InChI is InChI=1S/C13H15FN2O3S/c1-10-3-2-8-16(13(10)15-9-17)20(18,19)12-6-4-11(14)5-7-12/h4-7,10,13H,2-3,8H2,1H3. The monoisotopic (exact) mass is 298 g/mol. The Labute approximate surface area is 117 Å². The third kappa shape index (κ3) is 2.80. The Morgan fingerprint density at radius 1 is 1.35 bits per heavy atom. The van der Waals surface area contributed by atoms with E-state index >= 15 is 0 Å². The fourth-order valence-electron chi connectivity index (χ4n) is 2.38. The molecule has 2 atom stereocenters. The Balaban J connectivity index is 2.40. The lowest BCUT2D eigenvalue weighted by Gasteiger charge is -2.35. The van der Waals surface area contributed by atoms with Gasteiger partial charge in [-0.25, -0.2) is 17.6 Å². The van der Waals surface area contributed by atoms with Crippen LogP contribution in [0, 0.1) is 11.7 Å². The zero-order valence-electron chi connectivity index (χ0n) is 11.0. The number of benzene rings is 1. The van der Waals surface area contributed by atoms with Crippen molar-refractivity contribution in [3.05, 3.63) is 30.1 Å². The summed E-state index contributed by atoms with van der Waals surface area (Å²) in [4.78, 5) is 14.1. The summed E-state index contributed by atoms with van der Waals surface area (Å²) in [7, 11) is -3.79. The molecule has 1 aromatic carbocycles. The lowest BCUT2D eigenvalue weighted by molar-refractivity contribution is 0.194. The van der Waals surface area contributed by atoms with Crippen LogP contribution < -0.4 is 0 Å². The Morgan fingerprint density at radius 3 is 2.60 bits per heavy atom. The number of hydrogen-bond acceptors (Lipinski definition) is 4. The molecule has 0 saturated carbocycles. The zero-order chi connectivity index (χ0) is 14.8. The quantitative estimate of drug-likeness (QED) is 0.632. The molecule has 1 aromatic rings. The molecule has 1 fully saturated rings. The molecule has 0 spiro atoms. The van der Waals surface area contributed by atoms with E-state index < -0.39 is 22.0 Å². The number of piperidine rings is 1. The van der Waals surface area contributed by atoms with Gasteiger partial charge in [-0.3, -0.25) is 0 Å². The minimum Gasteiger partial charge on any atom is -0.211 e. The Kier molecular flexibility index (Phi) is 4.32. The third-order valence-corrected chi connectivity index (χ3v) is 5.33. The van der Waals surface area contributed by atoms with Gasteiger partial charge in [0.2, 0.25) is 16.1 Å². The molecule has 0 bridgehead atoms. The zero-order valence-corrected chi connectivity index (χ0v) is 11.8. The van der Waals surface area contributed by atoms with Crippen molar-refractivity contribution in [2.24, 2.45) is 10.9 Å². The first-order chi connectivity index (χ1) is 9.46. The summed E-state index contributed by atoms with van der Waals surface area (Å²) in [5, 5.41) is 0. The highest BCUT2D eigenvalue weighted by Crippen LogP contribution is 2.29. The molecule has 1 heterocycles. The second kappa shape index (κ2) is 5.83. The second-order valence-corrected chi connectivity index (χ2v) is 6.71. The molecule has 0 radical (unpaired) electrons. The normalized spacial score (nSPS) is 24.1. The van der Waals surface area contributed by atoms with Crippen molar-refractivity contribution in [3.63, 3.8) is 0 Å². The highest BCUT2D eigenvalue weighted by Gasteiger charge is 2.37. The van der Waals surface area contributed by atoms with Crippen molar-refractivity contribution in [2.75, 3.05) is 6.54 Å². The van der Waals surface area contributed by atoms with Crippen LogP contribution in [0.3, 0.4) is 0 Å². The van der Waals surface area contributed by atoms with Crippen molar-refractivity contribution < 1.29 is 17.6 Å². The van der Waals surface area contributed by atoms with E-state index in [2.05, 4.69) is 4.99 Å². The van der Waals surface area contributed by atoms with E-state index in [1.165, 1.54) is 22.5 Å². The van der Waals surface area contributed by atoms with Crippen LogP contribution in [-0.4, -0.2) is 31.5 Å². The van der Waals surface area contributed by atoms with Gasteiger partial charge in [-0.05, 0) is 43.0 Å². The van der Waals surface area contributed by atoms with Crippen LogP contribution in [0.15, 0.2) is 34.2 Å². The Bertz CT molecular complexity index is 624. The highest BCUT2D eigenvalue weighted by atomic mass is 32.2. The summed E-state index contributed by atoms with van der Waals surface area (Å²) in [5.74, 6) is -0.557. The number of nitrogens with zero attached hydrogens (tertiary/aromatic N) is 2. The molecular weight excluding hydrogens is 283 g/mol. The van der Waals surface area contributed by atoms with Gasteiger partial charge in [0, 0.05) is 6.54 Å². The van der Waals surface area contributed by atoms with E-state index in [4.69, 9.17) is 0 Å². The summed E-state index contributed by atoms with van der Waals surface area (Å²) < 4.78 is 39.2. The van der Waals surface area contributed by atoms with Crippen molar-refractivity contribution in [2.45, 2.75) is 30.8 Å². The first-order valence-corrected chi connectivity index (χ1v) is 7.75. The van der Waals surface area contributed by atoms with Crippen LogP contribution in [0.5, 0.6) is 0 Å². The molecule has 0 N–H and O–H groups in total. The number of isocyanates is 1. The average Bonchev–Trinajstić information content (AvgIpc) is 2.41. The molecule has 1 saturated heterocycles. The van der Waals surface area contributed by atoms with E-state index in [9.17, 15) is 17.6 Å². The van der Waals surface area contributed by atoms with Gasteiger partial charge < -0.3 is 0 Å². The van der Waals surface area contributed by atoms with Crippen molar-refractivity contribution in [1.29, 1.82) is 0 Å². The molecule has 2 rings (SSSR count). The van der Waals surface area contributed by atoms with Crippen LogP contribution in [0.2, 0.25) is 0 Å². The minimum absolute atomic E-state index is 0.000834. The van der Waals surface area contributed by atoms with E-state index in [0.717, 1.165) is 18.6 Å². The average molecular weight is 298 g/mol. The van der Waals surface area contributed by atoms with Gasteiger partial charge in [-0.15, -0.1) is 0 Å². The molecule has 1 aliphatic rings. The molecule has 0 amide bonds. The van der Waals surface area contributed by atoms with E-state index in [0.29, 0.717) is 13.0 Å². The molecule has 0 aliphatic carbocycles. The topological polar surface area (TPSA) is 66.8 Å². The van der Waals surface area contributed by atoms with Crippen LogP contribution in [0.4, 0.5) is 4.39 Å². The van der Waals surface area contributed by atoms with Gasteiger partial charge in [-0.1, -0.05) is 6.92 Å². The van der Waals surface area contributed by atoms with Crippen LogP contribution in [0.25, 0.3) is 0 Å². The number of carbonyl (C=O) groups excluding carboxylic acids is 1. The number of hydrogen-bond donors (Lipinski definition) is 0. The van der Waals surface area contributed by atoms with E-state index in [1.54, 1.807) is 0 Å². The van der Waals surface area contributed by atoms with Gasteiger partial charge in [0.1, 0.15) is 12.0 Å². The minimum atomic E-state index is -3.79. The maximum absolute atomic E-state index is 12.9. The largest absolute Gasteiger partial charge is 0.244 e. The molecule has 5 nitrogen and oxygen atoms in total. The molecule has 20 heavy (non-hydrogen) atoms. The summed E-state index contributed by atoms with van der Waals surface area (Å²) in [5.41, 5.74) is 0. The van der Waals surface area contributed by atoms with Gasteiger partial charge in [0.25, 0.3) is 0 Å². The van der Waals surface area contributed by atoms with Crippen molar-refractivity contribution in [3.8, 4) is 0 Å². The van der Waals surface area contributed by atoms with E-state index in [-0.39, 0.29) is 10.8 Å². The molecule has 1 aliphatic heterocycles. The molecule has 0 aromatic heterocycles. The Morgan fingerprint density at radius 2 is 2.00 bits per heavy atom. The van der Waals surface area contributed by atoms with Gasteiger partial charge in [0.15, 0.2) is 0 Å². The number of aliphatic imine (C=N–C) groups is 1. The summed E-state index contributed by atoms with van der Waals surface area (Å²) in [6.45, 7) is 2.14. The molecule has 7 heteroatoms. The first-order valence-electron chi connectivity index (χ1n) is 6.31. The first kappa shape index (κ1) is 14.8. The molecule has 108 valence electrons. The molecular formula is C13H15FN2O3S. The predicted octanol–water partition coefficient (Wildman–Crippen LogP) is 1.91. The summed E-state index contributed by atoms with van der Waals surface area (Å²) >= 11 is 0. The summed E-state index contributed by atoms with van der Waals surface area (Å²) in [6.07, 6.45) is 2.20. The Hall–Kier alpha value is -1.56. The van der Waals surface area contributed by atoms with Gasteiger partial charge in [0.05, 0.1) is 4.90 Å². The van der Waals surface area contributed by atoms with Crippen LogP contribution in [0.1, 0.15) is 19.8 Å². The van der Waals surface area contributed by atoms with Gasteiger partial charge >= 0.3 is 0 Å². The number of sulfonamides is 1. The predicted molar refractivity (Wildman–Crippen MR) is 70.6 cm³/mol.